The van der Waals surface area contributed by atoms with Crippen molar-refractivity contribution in [1.82, 2.24) is 0 Å². The lowest BCUT2D eigenvalue weighted by molar-refractivity contribution is -0.153. The van der Waals surface area contributed by atoms with Gasteiger partial charge in [-0.25, -0.2) is 0 Å². The zero-order valence-corrected chi connectivity index (χ0v) is 12.9. The molecule has 0 aromatic heterocycles. The van der Waals surface area contributed by atoms with Crippen LogP contribution in [0.2, 0.25) is 0 Å². The van der Waals surface area contributed by atoms with E-state index in [-0.39, 0.29) is 5.97 Å². The minimum atomic E-state index is -0.978. The molecule has 1 aliphatic rings. The maximum absolute atomic E-state index is 11.9. The number of carbonyl (C=O) groups is 1. The highest BCUT2D eigenvalue weighted by molar-refractivity contribution is 5.75. The Kier molecular flexibility index (Phi) is 7.90. The van der Waals surface area contributed by atoms with Gasteiger partial charge in [0.25, 0.3) is 0 Å². The highest BCUT2D eigenvalue weighted by Crippen LogP contribution is 2.32. The third-order valence-electron chi connectivity index (χ3n) is 4.49. The molecule has 1 rings (SSSR count). The van der Waals surface area contributed by atoms with E-state index in [1.165, 1.54) is 39.2 Å². The third-order valence-corrected chi connectivity index (χ3v) is 4.49. The fourth-order valence-electron chi connectivity index (χ4n) is 3.20. The van der Waals surface area contributed by atoms with E-state index in [1.54, 1.807) is 6.08 Å². The van der Waals surface area contributed by atoms with Crippen LogP contribution in [-0.2, 0) is 9.53 Å². The van der Waals surface area contributed by atoms with Gasteiger partial charge in [-0.3, -0.25) is 4.79 Å². The number of esters is 1. The summed E-state index contributed by atoms with van der Waals surface area (Å²) < 4.78 is 4.82. The van der Waals surface area contributed by atoms with Crippen molar-refractivity contribution in [3.8, 4) is 0 Å². The largest absolute Gasteiger partial charge is 0.468 e. The van der Waals surface area contributed by atoms with Gasteiger partial charge in [0.05, 0.1) is 12.7 Å². The van der Waals surface area contributed by atoms with Crippen molar-refractivity contribution in [3.05, 3.63) is 12.7 Å². The maximum atomic E-state index is 11.9. The van der Waals surface area contributed by atoms with Gasteiger partial charge >= 0.3 is 5.97 Å². The predicted molar refractivity (Wildman–Crippen MR) is 81.4 cm³/mol. The van der Waals surface area contributed by atoms with Crippen LogP contribution in [0, 0.1) is 5.92 Å². The number of hydrogen-bond donors (Lipinski definition) is 1. The second-order valence-electron chi connectivity index (χ2n) is 6.02. The molecule has 1 unspecified atom stereocenters. The number of hydrogen-bond acceptors (Lipinski definition) is 3. The lowest BCUT2D eigenvalue weighted by atomic mass is 9.78. The molecular formula is C17H30O3. The minimum Gasteiger partial charge on any atom is -0.468 e. The van der Waals surface area contributed by atoms with Crippen LogP contribution in [0.25, 0.3) is 0 Å². The topological polar surface area (TPSA) is 46.5 Å². The van der Waals surface area contributed by atoms with Crippen molar-refractivity contribution in [3.63, 3.8) is 0 Å². The van der Waals surface area contributed by atoms with Crippen LogP contribution in [0.5, 0.6) is 0 Å². The van der Waals surface area contributed by atoms with E-state index >= 15 is 0 Å². The first-order valence-electron chi connectivity index (χ1n) is 8.07. The summed E-state index contributed by atoms with van der Waals surface area (Å²) in [4.78, 5) is 11.9. The molecule has 1 fully saturated rings. The zero-order chi connectivity index (χ0) is 14.8. The SMILES string of the molecule is C=CC(C(=O)OC)C1(O)CCCCCCCCCCC1. The fraction of sp³-hybridized carbons (Fsp3) is 0.824. The van der Waals surface area contributed by atoms with Crippen molar-refractivity contribution in [2.75, 3.05) is 7.11 Å². The third kappa shape index (κ3) is 5.28. The van der Waals surface area contributed by atoms with Crippen LogP contribution in [0.15, 0.2) is 12.7 Å². The molecule has 0 spiro atoms. The quantitative estimate of drug-likeness (QED) is 0.628. The molecule has 1 aliphatic carbocycles. The normalized spacial score (nSPS) is 22.9. The van der Waals surface area contributed by atoms with Crippen molar-refractivity contribution >= 4 is 5.97 Å². The van der Waals surface area contributed by atoms with E-state index in [2.05, 4.69) is 6.58 Å². The Labute approximate surface area is 123 Å². The first-order chi connectivity index (χ1) is 9.64. The lowest BCUT2D eigenvalue weighted by Gasteiger charge is -2.33. The molecule has 0 saturated heterocycles. The summed E-state index contributed by atoms with van der Waals surface area (Å²) in [5.41, 5.74) is -0.978. The van der Waals surface area contributed by atoms with Crippen molar-refractivity contribution < 1.29 is 14.6 Å². The van der Waals surface area contributed by atoms with Crippen LogP contribution >= 0.6 is 0 Å². The molecule has 1 saturated carbocycles. The minimum absolute atomic E-state index is 0.366. The van der Waals surface area contributed by atoms with E-state index in [9.17, 15) is 9.90 Å². The molecule has 0 bridgehead atoms. The van der Waals surface area contributed by atoms with Gasteiger partial charge in [-0.15, -0.1) is 6.58 Å². The molecule has 3 nitrogen and oxygen atoms in total. The first-order valence-corrected chi connectivity index (χ1v) is 8.07. The number of carbonyl (C=O) groups excluding carboxylic acids is 1. The molecule has 0 aromatic carbocycles. The average molecular weight is 282 g/mol. The Morgan fingerprint density at radius 1 is 1.05 bits per heavy atom. The monoisotopic (exact) mass is 282 g/mol. The summed E-state index contributed by atoms with van der Waals surface area (Å²) in [6.45, 7) is 3.72. The molecule has 20 heavy (non-hydrogen) atoms. The van der Waals surface area contributed by atoms with E-state index < -0.39 is 11.5 Å². The van der Waals surface area contributed by atoms with Gasteiger partial charge in [-0.2, -0.15) is 0 Å². The molecule has 0 amide bonds. The smallest absolute Gasteiger partial charge is 0.315 e. The maximum Gasteiger partial charge on any atom is 0.315 e. The molecule has 116 valence electrons. The summed E-state index contributed by atoms with van der Waals surface area (Å²) in [6.07, 6.45) is 13.5. The van der Waals surface area contributed by atoms with Gasteiger partial charge in [0.1, 0.15) is 5.92 Å². The Bertz CT molecular complexity index is 287. The number of ether oxygens (including phenoxy) is 1. The summed E-state index contributed by atoms with van der Waals surface area (Å²) in [7, 11) is 1.37. The Morgan fingerprint density at radius 2 is 1.45 bits per heavy atom. The fourth-order valence-corrected chi connectivity index (χ4v) is 3.20. The molecule has 0 radical (unpaired) electrons. The van der Waals surface area contributed by atoms with Gasteiger partial charge in [0.2, 0.25) is 0 Å². The number of methoxy groups -OCH3 is 1. The standard InChI is InChI=1S/C17H30O3/c1-3-15(16(18)20-2)17(19)13-11-9-7-5-4-6-8-10-12-14-17/h3,15,19H,1,4-14H2,2H3. The molecule has 1 N–H and O–H groups in total. The van der Waals surface area contributed by atoms with Crippen LogP contribution in [0.3, 0.4) is 0 Å². The van der Waals surface area contributed by atoms with Gasteiger partial charge in [-0.05, 0) is 12.8 Å². The van der Waals surface area contributed by atoms with Crippen molar-refractivity contribution in [2.24, 2.45) is 5.92 Å². The van der Waals surface area contributed by atoms with Crippen LogP contribution in [0.4, 0.5) is 0 Å². The highest BCUT2D eigenvalue weighted by atomic mass is 16.5. The van der Waals surface area contributed by atoms with E-state index in [4.69, 9.17) is 4.74 Å². The zero-order valence-electron chi connectivity index (χ0n) is 12.9. The molecular weight excluding hydrogens is 252 g/mol. The Balaban J connectivity index is 2.71. The van der Waals surface area contributed by atoms with Crippen molar-refractivity contribution in [2.45, 2.75) is 76.2 Å². The Hall–Kier alpha value is -0.830. The summed E-state index contributed by atoms with van der Waals surface area (Å²) >= 11 is 0. The molecule has 3 heteroatoms. The summed E-state index contributed by atoms with van der Waals surface area (Å²) in [5, 5.41) is 10.9. The molecule has 0 heterocycles. The predicted octanol–water partition coefficient (Wildman–Crippen LogP) is 4.00. The average Bonchev–Trinajstić information content (AvgIpc) is 2.43. The second kappa shape index (κ2) is 9.17. The van der Waals surface area contributed by atoms with Crippen LogP contribution in [0.1, 0.15) is 70.6 Å². The van der Waals surface area contributed by atoms with E-state index in [1.807, 2.05) is 0 Å². The molecule has 0 aromatic rings. The summed E-state index contributed by atoms with van der Waals surface area (Å²) in [5.74, 6) is -0.968. The van der Waals surface area contributed by atoms with Gasteiger partial charge < -0.3 is 9.84 Å². The number of rotatable bonds is 3. The van der Waals surface area contributed by atoms with Gasteiger partial charge in [0.15, 0.2) is 0 Å². The van der Waals surface area contributed by atoms with Crippen LogP contribution < -0.4 is 0 Å². The van der Waals surface area contributed by atoms with Gasteiger partial charge in [0, 0.05) is 0 Å². The van der Waals surface area contributed by atoms with E-state index in [0.29, 0.717) is 12.8 Å². The highest BCUT2D eigenvalue weighted by Gasteiger charge is 2.39. The number of aliphatic hydroxyl groups is 1. The molecule has 0 aliphatic heterocycles. The molecule has 1 atom stereocenters. The van der Waals surface area contributed by atoms with Crippen molar-refractivity contribution in [1.29, 1.82) is 0 Å². The summed E-state index contributed by atoms with van der Waals surface area (Å²) in [6, 6.07) is 0. The van der Waals surface area contributed by atoms with Gasteiger partial charge in [-0.1, -0.05) is 63.9 Å². The Morgan fingerprint density at radius 3 is 1.80 bits per heavy atom. The van der Waals surface area contributed by atoms with Crippen LogP contribution in [-0.4, -0.2) is 23.8 Å². The van der Waals surface area contributed by atoms with E-state index in [0.717, 1.165) is 25.7 Å². The lowest BCUT2D eigenvalue weighted by Crippen LogP contribution is -2.42. The second-order valence-corrected chi connectivity index (χ2v) is 6.02. The first kappa shape index (κ1) is 17.2.